The molecule has 0 atom stereocenters. The number of hydrogen-bond donors (Lipinski definition) is 0. The molecule has 6 nitrogen and oxygen atoms in total. The average molecular weight is 424 g/mol. The highest BCUT2D eigenvalue weighted by atomic mass is 35.5. The molecule has 0 saturated heterocycles. The van der Waals surface area contributed by atoms with Crippen LogP contribution in [0.2, 0.25) is 5.02 Å². The maximum absolute atomic E-state index is 13.1. The zero-order valence-corrected chi connectivity index (χ0v) is 17.9. The number of amides is 1. The van der Waals surface area contributed by atoms with Crippen LogP contribution in [0, 0.1) is 13.8 Å². The number of halogens is 1. The topological polar surface area (TPSA) is 64.4 Å². The molecule has 4 rings (SSSR count). The number of benzene rings is 2. The number of anilines is 1. The molecule has 0 unspecified atom stereocenters. The van der Waals surface area contributed by atoms with Gasteiger partial charge in [0.15, 0.2) is 0 Å². The molecular formula is C23H22ClN3O3. The monoisotopic (exact) mass is 423 g/mol. The lowest BCUT2D eigenvalue weighted by atomic mass is 10.1. The van der Waals surface area contributed by atoms with Gasteiger partial charge in [0.2, 0.25) is 5.91 Å². The molecule has 0 aliphatic carbocycles. The summed E-state index contributed by atoms with van der Waals surface area (Å²) in [6.45, 7) is 4.49. The first-order valence-electron chi connectivity index (χ1n) is 9.71. The third-order valence-corrected chi connectivity index (χ3v) is 5.79. The van der Waals surface area contributed by atoms with Gasteiger partial charge in [0.25, 0.3) is 0 Å². The number of rotatable bonds is 4. The lowest BCUT2D eigenvalue weighted by Gasteiger charge is -2.18. The van der Waals surface area contributed by atoms with Crippen LogP contribution in [0.1, 0.15) is 32.9 Å². The van der Waals surface area contributed by atoms with Crippen LogP contribution in [0.4, 0.5) is 5.69 Å². The number of esters is 1. The molecule has 0 saturated carbocycles. The van der Waals surface area contributed by atoms with E-state index >= 15 is 0 Å². The maximum atomic E-state index is 13.1. The van der Waals surface area contributed by atoms with Gasteiger partial charge in [-0.25, -0.2) is 9.48 Å². The fourth-order valence-electron chi connectivity index (χ4n) is 3.92. The molecule has 0 spiro atoms. The quantitative estimate of drug-likeness (QED) is 0.593. The van der Waals surface area contributed by atoms with Crippen LogP contribution >= 0.6 is 11.6 Å². The van der Waals surface area contributed by atoms with Gasteiger partial charge in [0.1, 0.15) is 0 Å². The van der Waals surface area contributed by atoms with Crippen LogP contribution in [0.25, 0.3) is 5.69 Å². The van der Waals surface area contributed by atoms with Crippen molar-refractivity contribution in [3.63, 3.8) is 0 Å². The van der Waals surface area contributed by atoms with Crippen molar-refractivity contribution in [2.75, 3.05) is 18.6 Å². The van der Waals surface area contributed by atoms with Gasteiger partial charge in [-0.1, -0.05) is 11.6 Å². The minimum atomic E-state index is -0.372. The predicted molar refractivity (Wildman–Crippen MR) is 116 cm³/mol. The Morgan fingerprint density at radius 1 is 1.13 bits per heavy atom. The Bertz CT molecular complexity index is 1140. The fourth-order valence-corrected chi connectivity index (χ4v) is 4.04. The van der Waals surface area contributed by atoms with Crippen molar-refractivity contribution in [2.24, 2.45) is 0 Å². The zero-order valence-electron chi connectivity index (χ0n) is 17.1. The fraction of sp³-hybridized carbons (Fsp3) is 0.261. The zero-order chi connectivity index (χ0) is 21.4. The van der Waals surface area contributed by atoms with Crippen LogP contribution in [0.3, 0.4) is 0 Å². The van der Waals surface area contributed by atoms with Crippen molar-refractivity contribution in [2.45, 2.75) is 26.7 Å². The van der Waals surface area contributed by atoms with E-state index in [1.165, 1.54) is 7.11 Å². The van der Waals surface area contributed by atoms with Gasteiger partial charge in [-0.2, -0.15) is 5.10 Å². The number of ether oxygens (including phenoxy) is 1. The second-order valence-electron chi connectivity index (χ2n) is 7.34. The van der Waals surface area contributed by atoms with Gasteiger partial charge in [-0.15, -0.1) is 0 Å². The Hall–Kier alpha value is -3.12. The number of nitrogens with zero attached hydrogens (tertiary/aromatic N) is 3. The molecule has 7 heteroatoms. The van der Waals surface area contributed by atoms with Gasteiger partial charge >= 0.3 is 5.97 Å². The number of aromatic nitrogens is 2. The first-order chi connectivity index (χ1) is 14.4. The van der Waals surface area contributed by atoms with Gasteiger partial charge in [0.05, 0.1) is 30.5 Å². The lowest BCUT2D eigenvalue weighted by Crippen LogP contribution is -2.30. The van der Waals surface area contributed by atoms with Crippen LogP contribution in [0.15, 0.2) is 42.5 Å². The molecule has 1 amide bonds. The molecule has 154 valence electrons. The molecule has 1 aromatic heterocycles. The molecule has 2 heterocycles. The van der Waals surface area contributed by atoms with E-state index in [0.29, 0.717) is 23.6 Å². The smallest absolute Gasteiger partial charge is 0.337 e. The van der Waals surface area contributed by atoms with Crippen molar-refractivity contribution in [1.82, 2.24) is 9.78 Å². The number of methoxy groups -OCH3 is 1. The molecule has 0 N–H and O–H groups in total. The van der Waals surface area contributed by atoms with Gasteiger partial charge in [0, 0.05) is 28.5 Å². The Balaban J connectivity index is 1.57. The first kappa shape index (κ1) is 20.2. The third-order valence-electron chi connectivity index (χ3n) is 5.54. The Kier molecular flexibility index (Phi) is 5.35. The van der Waals surface area contributed by atoms with E-state index in [2.05, 4.69) is 5.10 Å². The Morgan fingerprint density at radius 2 is 1.87 bits per heavy atom. The summed E-state index contributed by atoms with van der Waals surface area (Å²) in [4.78, 5) is 26.7. The molecule has 1 aliphatic heterocycles. The van der Waals surface area contributed by atoms with Gasteiger partial charge < -0.3 is 9.64 Å². The highest BCUT2D eigenvalue weighted by Crippen LogP contribution is 2.30. The number of fused-ring (bicyclic) bond motifs is 1. The molecule has 1 aliphatic rings. The van der Waals surface area contributed by atoms with Crippen molar-refractivity contribution < 1.29 is 14.3 Å². The number of aryl methyl sites for hydroxylation is 1. The molecule has 2 aromatic carbocycles. The molecular weight excluding hydrogens is 402 g/mol. The van der Waals surface area contributed by atoms with Gasteiger partial charge in [-0.05, 0) is 68.3 Å². The van der Waals surface area contributed by atoms with E-state index in [4.69, 9.17) is 16.3 Å². The minimum absolute atomic E-state index is 0.0152. The second-order valence-corrected chi connectivity index (χ2v) is 7.78. The van der Waals surface area contributed by atoms with Crippen molar-refractivity contribution >= 4 is 29.2 Å². The summed E-state index contributed by atoms with van der Waals surface area (Å²) in [5.74, 6) is -0.357. The first-order valence-corrected chi connectivity index (χ1v) is 10.1. The lowest BCUT2D eigenvalue weighted by molar-refractivity contribution is -0.117. The standard InChI is InChI=1S/C23H22ClN3O3/c1-14-20(15(2)27(25-14)19-7-5-18(24)6-8-19)13-22(28)26-11-10-16-12-17(23(29)30-3)4-9-21(16)26/h4-9,12H,10-11,13H2,1-3H3. The summed E-state index contributed by atoms with van der Waals surface area (Å²) in [7, 11) is 1.36. The number of carbonyl (C=O) groups is 2. The summed E-state index contributed by atoms with van der Waals surface area (Å²) in [5, 5.41) is 5.29. The highest BCUT2D eigenvalue weighted by Gasteiger charge is 2.27. The van der Waals surface area contributed by atoms with Crippen molar-refractivity contribution in [3.8, 4) is 5.69 Å². The largest absolute Gasteiger partial charge is 0.465 e. The van der Waals surface area contributed by atoms with E-state index in [9.17, 15) is 9.59 Å². The highest BCUT2D eigenvalue weighted by molar-refractivity contribution is 6.30. The maximum Gasteiger partial charge on any atom is 0.337 e. The molecule has 30 heavy (non-hydrogen) atoms. The molecule has 0 bridgehead atoms. The summed E-state index contributed by atoms with van der Waals surface area (Å²) >= 11 is 5.99. The molecule has 3 aromatic rings. The van der Waals surface area contributed by atoms with Crippen molar-refractivity contribution in [1.29, 1.82) is 0 Å². The van der Waals surface area contributed by atoms with Crippen LogP contribution in [0.5, 0.6) is 0 Å². The van der Waals surface area contributed by atoms with Crippen LogP contribution in [-0.4, -0.2) is 35.3 Å². The molecule has 0 fully saturated rings. The summed E-state index contributed by atoms with van der Waals surface area (Å²) in [5.41, 5.74) is 5.93. The Morgan fingerprint density at radius 3 is 2.57 bits per heavy atom. The van der Waals surface area contributed by atoms with E-state index in [1.807, 2.05) is 54.9 Å². The van der Waals surface area contributed by atoms with Crippen LogP contribution < -0.4 is 4.90 Å². The van der Waals surface area contributed by atoms with E-state index in [0.717, 1.165) is 33.9 Å². The van der Waals surface area contributed by atoms with Crippen LogP contribution in [-0.2, 0) is 22.4 Å². The summed E-state index contributed by atoms with van der Waals surface area (Å²) < 4.78 is 6.63. The van der Waals surface area contributed by atoms with E-state index < -0.39 is 0 Å². The molecule has 0 radical (unpaired) electrons. The summed E-state index contributed by atoms with van der Waals surface area (Å²) in [6.07, 6.45) is 0.983. The summed E-state index contributed by atoms with van der Waals surface area (Å²) in [6, 6.07) is 12.8. The second kappa shape index (κ2) is 7.95. The van der Waals surface area contributed by atoms with E-state index in [1.54, 1.807) is 11.0 Å². The predicted octanol–water partition coefficient (Wildman–Crippen LogP) is 4.06. The SMILES string of the molecule is COC(=O)c1ccc2c(c1)CCN2C(=O)Cc1c(C)nn(-c2ccc(Cl)cc2)c1C. The average Bonchev–Trinajstić information content (AvgIpc) is 3.29. The van der Waals surface area contributed by atoms with Crippen molar-refractivity contribution in [3.05, 3.63) is 75.6 Å². The Labute approximate surface area is 180 Å². The number of carbonyl (C=O) groups excluding carboxylic acids is 2. The number of hydrogen-bond acceptors (Lipinski definition) is 4. The third kappa shape index (κ3) is 3.59. The van der Waals surface area contributed by atoms with Gasteiger partial charge in [-0.3, -0.25) is 4.79 Å². The minimum Gasteiger partial charge on any atom is -0.465 e. The normalized spacial score (nSPS) is 12.7. The van der Waals surface area contributed by atoms with E-state index in [-0.39, 0.29) is 18.3 Å².